The van der Waals surface area contributed by atoms with Crippen molar-refractivity contribution in [2.75, 3.05) is 114 Å². The maximum Gasteiger partial charge on any atom is 0.230 e. The zero-order valence-electron chi connectivity index (χ0n) is 78.9. The second kappa shape index (κ2) is 47.7. The molecule has 0 spiro atoms. The van der Waals surface area contributed by atoms with E-state index in [1.54, 1.807) is 61.6 Å². The number of Topliss-reactive ketones (excluding diaryl/α,β-unsaturated/α-hetero) is 4. The topological polar surface area (TPSA) is 206 Å². The molecule has 4 fully saturated rings. The van der Waals surface area contributed by atoms with Gasteiger partial charge in [-0.2, -0.15) is 4.98 Å². The van der Waals surface area contributed by atoms with E-state index in [-0.39, 0.29) is 23.1 Å². The summed E-state index contributed by atoms with van der Waals surface area (Å²) in [5.41, 5.74) is 11.8. The van der Waals surface area contributed by atoms with E-state index < -0.39 is 0 Å². The second-order valence-electron chi connectivity index (χ2n) is 36.6. The van der Waals surface area contributed by atoms with Crippen LogP contribution in [0.3, 0.4) is 0 Å². The summed E-state index contributed by atoms with van der Waals surface area (Å²) >= 11 is 0. The quantitative estimate of drug-likeness (QED) is 0.0281. The number of hydrogen-bond donors (Lipinski definition) is 1. The van der Waals surface area contributed by atoms with Crippen molar-refractivity contribution in [3.8, 4) is 40.1 Å². The SMILES string of the molecule is CCCCCC1CC2CCC(C1)N2CCCC1C=C(C(C)=O)c2cccc(OC)c21.COc1cccc2c(C(=O)Cc3ccccc3)cn(CCCNCCOc3ccccc3)c12.COc1cccc2c(C(C)=O)cn(CC(C)CN3CCC(c4nc(-c5ccncc5)no4)CC3)c12.COc1cccc2c(C(C)=O)cn(CC(C)CN3CCCN(CCc4ccccc4)CC3)c12. The van der Waals surface area contributed by atoms with Crippen molar-refractivity contribution in [1.29, 1.82) is 0 Å². The maximum atomic E-state index is 13.1. The molecule has 5 aliphatic rings. The number of aromatic nitrogens is 6. The van der Waals surface area contributed by atoms with Crippen molar-refractivity contribution in [2.24, 2.45) is 17.8 Å². The Balaban J connectivity index is 0.000000141. The van der Waals surface area contributed by atoms with Gasteiger partial charge in [0.1, 0.15) is 35.4 Å². The summed E-state index contributed by atoms with van der Waals surface area (Å²) < 4.78 is 40.4. The van der Waals surface area contributed by atoms with Crippen LogP contribution in [0.1, 0.15) is 202 Å². The first kappa shape index (κ1) is 95.7. The molecule has 17 rings (SSSR count). The van der Waals surface area contributed by atoms with E-state index in [9.17, 15) is 19.2 Å². The number of hydrogen-bond acceptors (Lipinski definition) is 18. The monoisotopic (exact) mass is 1770 g/mol. The molecule has 5 aromatic heterocycles. The molecule has 692 valence electrons. The third-order valence-corrected chi connectivity index (χ3v) is 27.1. The highest BCUT2D eigenvalue weighted by Crippen LogP contribution is 2.46. The van der Waals surface area contributed by atoms with Crippen molar-refractivity contribution >= 4 is 61.4 Å². The third-order valence-electron chi connectivity index (χ3n) is 27.1. The Hall–Kier alpha value is -11.3. The fourth-order valence-electron chi connectivity index (χ4n) is 20.7. The van der Waals surface area contributed by atoms with Gasteiger partial charge in [0.2, 0.25) is 11.7 Å². The van der Waals surface area contributed by atoms with Crippen molar-refractivity contribution in [1.82, 2.24) is 53.7 Å². The van der Waals surface area contributed by atoms with Crippen molar-refractivity contribution < 1.29 is 47.4 Å². The number of aryl methyl sites for hydroxylation is 1. The van der Waals surface area contributed by atoms with Gasteiger partial charge in [-0.05, 0) is 214 Å². The number of piperidine rings is 2. The lowest BCUT2D eigenvalue weighted by atomic mass is 9.86. The zero-order chi connectivity index (χ0) is 91.5. The zero-order valence-corrected chi connectivity index (χ0v) is 78.9. The third kappa shape index (κ3) is 25.1. The number of likely N-dealkylation sites (tertiary alicyclic amines) is 1. The van der Waals surface area contributed by atoms with Crippen LogP contribution in [0.15, 0.2) is 218 Å². The molecule has 4 saturated heterocycles. The number of rotatable bonds is 39. The summed E-state index contributed by atoms with van der Waals surface area (Å²) in [6.07, 6.45) is 30.9. The standard InChI is InChI=1S/C28H37N3O2.C28H30N2O3.C27H31N5O3.C27H39NO2/c1-22(20-31-21-26(23(2)32)25-11-7-12-27(33-3)28(25)31)19-30-15-8-14-29(17-18-30)16-13-24-9-5-4-6-10-24;1-32-27-15-8-14-24-25(26(31)20-22-10-4-2-5-11-22)21-30(28(24)27)18-9-16-29-17-19-33-23-12-6-3-7-13-23;1-18(16-32-17-23(19(2)33)22-5-4-6-24(34-3)25(22)32)15-31-13-9-21(10-14-31)27-29-26(30-35-27)20-7-11-28-12-8-20;1-4-5-6-9-20-16-22-13-14-23(17-20)28(22)15-8-10-21-18-25(19(2)29)24-11-7-12-26(30-3)27(21)24/h4-7,9-12,21-22H,8,13-20H2,1-3H3;2-8,10-15,21,29H,9,16-20H2,1H3;4-8,11-12,17-18,21H,9-10,13-16H2,1-3H3;7,11-12,18,20-23H,4-6,8-10,13-17H2,1-3H3. The number of ketones is 4. The van der Waals surface area contributed by atoms with Crippen LogP contribution in [0.25, 0.3) is 49.7 Å². The molecule has 0 saturated carbocycles. The Morgan fingerprint density at radius 1 is 0.504 bits per heavy atom. The van der Waals surface area contributed by atoms with E-state index in [1.807, 2.05) is 158 Å². The highest BCUT2D eigenvalue weighted by molar-refractivity contribution is 6.21. The highest BCUT2D eigenvalue weighted by Gasteiger charge is 2.41. The van der Waals surface area contributed by atoms with Crippen LogP contribution in [0.2, 0.25) is 0 Å². The number of nitrogens with zero attached hydrogens (tertiary/aromatic N) is 10. The predicted octanol–water partition coefficient (Wildman–Crippen LogP) is 21.1. The van der Waals surface area contributed by atoms with E-state index in [1.165, 1.54) is 88.4 Å². The molecular formula is C110H137N11O10. The number of pyridine rings is 1. The number of methoxy groups -OCH3 is 4. The largest absolute Gasteiger partial charge is 0.496 e. The minimum atomic E-state index is 0.0739. The van der Waals surface area contributed by atoms with Crippen LogP contribution < -0.4 is 29.0 Å². The van der Waals surface area contributed by atoms with Gasteiger partial charge in [0.25, 0.3) is 0 Å². The Morgan fingerprint density at radius 3 is 1.63 bits per heavy atom. The highest BCUT2D eigenvalue weighted by atomic mass is 16.5. The number of carbonyl (C=O) groups excluding carboxylic acids is 4. The molecule has 9 heterocycles. The molecule has 21 heteroatoms. The smallest absolute Gasteiger partial charge is 0.230 e. The molecule has 21 nitrogen and oxygen atoms in total. The summed E-state index contributed by atoms with van der Waals surface area (Å²) in [7, 11) is 6.78. The van der Waals surface area contributed by atoms with Gasteiger partial charge < -0.3 is 61.9 Å². The van der Waals surface area contributed by atoms with Gasteiger partial charge in [-0.15, -0.1) is 0 Å². The molecule has 12 aromatic rings. The molecule has 0 amide bonds. The average molecular weight is 1770 g/mol. The van der Waals surface area contributed by atoms with Crippen LogP contribution in [0, 0.1) is 17.8 Å². The predicted molar refractivity (Wildman–Crippen MR) is 525 cm³/mol. The van der Waals surface area contributed by atoms with Crippen molar-refractivity contribution in [3.05, 3.63) is 258 Å². The number of allylic oxidation sites excluding steroid dienone is 2. The molecule has 1 aliphatic carbocycles. The first-order valence-corrected chi connectivity index (χ1v) is 48.0. The summed E-state index contributed by atoms with van der Waals surface area (Å²) in [6, 6.07) is 59.8. The van der Waals surface area contributed by atoms with Crippen LogP contribution in [0.4, 0.5) is 0 Å². The molecule has 4 aliphatic heterocycles. The Morgan fingerprint density at radius 2 is 1.05 bits per heavy atom. The molecule has 5 unspecified atom stereocenters. The Labute approximate surface area is 775 Å². The Bertz CT molecular complexity index is 5690. The number of benzene rings is 7. The molecule has 1 N–H and O–H groups in total. The number of ether oxygens (including phenoxy) is 5. The Kier molecular flexibility index (Phi) is 34.8. The number of unbranched alkanes of at least 4 members (excludes halogenated alkanes) is 2. The summed E-state index contributed by atoms with van der Waals surface area (Å²) in [5.74, 6) is 8.49. The molecular weight excluding hydrogens is 1640 g/mol. The number of fused-ring (bicyclic) bond motifs is 6. The number of para-hydroxylation sites is 4. The van der Waals surface area contributed by atoms with Crippen molar-refractivity contribution in [2.45, 2.75) is 188 Å². The molecule has 5 atom stereocenters. The van der Waals surface area contributed by atoms with Gasteiger partial charge in [-0.3, -0.25) is 29.1 Å². The first-order chi connectivity index (χ1) is 64.0. The van der Waals surface area contributed by atoms with E-state index in [4.69, 9.17) is 28.2 Å². The van der Waals surface area contributed by atoms with Gasteiger partial charge in [0, 0.05) is 170 Å². The van der Waals surface area contributed by atoms with Crippen LogP contribution in [-0.2, 0) is 37.3 Å². The maximum absolute atomic E-state index is 13.1. The first-order valence-electron chi connectivity index (χ1n) is 48.0. The summed E-state index contributed by atoms with van der Waals surface area (Å²) in [6.45, 7) is 27.6. The summed E-state index contributed by atoms with van der Waals surface area (Å²) in [5, 5.41) is 10.5. The lowest BCUT2D eigenvalue weighted by Crippen LogP contribution is -2.43. The molecule has 7 aromatic carbocycles. The molecule has 131 heavy (non-hydrogen) atoms. The number of carbonyl (C=O) groups is 4. The summed E-state index contributed by atoms with van der Waals surface area (Å²) in [4.78, 5) is 69.0. The fraction of sp³-hybridized carbons (Fsp3) is 0.445. The van der Waals surface area contributed by atoms with Gasteiger partial charge in [-0.1, -0.05) is 185 Å². The van der Waals surface area contributed by atoms with Gasteiger partial charge in [-0.25, -0.2) is 0 Å². The lowest BCUT2D eigenvalue weighted by Gasteiger charge is -2.39. The average Bonchev–Trinajstić information content (AvgIpc) is 1.63. The fourth-order valence-corrected chi connectivity index (χ4v) is 20.7. The number of nitrogens with one attached hydrogen (secondary N) is 1. The lowest BCUT2D eigenvalue weighted by molar-refractivity contribution is -0.111. The van der Waals surface area contributed by atoms with E-state index in [0.717, 1.165) is 241 Å². The van der Waals surface area contributed by atoms with E-state index >= 15 is 0 Å². The van der Waals surface area contributed by atoms with E-state index in [0.29, 0.717) is 42.5 Å². The minimum absolute atomic E-state index is 0.0739. The van der Waals surface area contributed by atoms with Gasteiger partial charge >= 0.3 is 0 Å². The minimum Gasteiger partial charge on any atom is -0.496 e. The molecule has 2 bridgehead atoms. The van der Waals surface area contributed by atoms with Gasteiger partial charge in [0.05, 0.1) is 45.0 Å². The van der Waals surface area contributed by atoms with Gasteiger partial charge in [0.15, 0.2) is 23.1 Å². The van der Waals surface area contributed by atoms with Crippen LogP contribution >= 0.6 is 0 Å². The van der Waals surface area contributed by atoms with Crippen LogP contribution in [0.5, 0.6) is 28.7 Å². The normalized spacial score (nSPS) is 17.6. The van der Waals surface area contributed by atoms with E-state index in [2.05, 4.69) is 117 Å². The van der Waals surface area contributed by atoms with Crippen molar-refractivity contribution in [3.63, 3.8) is 0 Å². The second-order valence-corrected chi connectivity index (χ2v) is 36.6. The molecule has 0 radical (unpaired) electrons. The van der Waals surface area contributed by atoms with Crippen LogP contribution in [-0.4, -0.2) is 197 Å².